The van der Waals surface area contributed by atoms with Gasteiger partial charge in [0, 0.05) is 86.2 Å². The van der Waals surface area contributed by atoms with E-state index in [1.165, 1.54) is 48.5 Å². The van der Waals surface area contributed by atoms with Gasteiger partial charge in [-0.3, -0.25) is 32.8 Å². The van der Waals surface area contributed by atoms with Crippen LogP contribution in [0.25, 0.3) is 0 Å². The Morgan fingerprint density at radius 1 is 0.556 bits per heavy atom. The lowest BCUT2D eigenvalue weighted by molar-refractivity contribution is -0.438. The molecule has 108 heavy (non-hydrogen) atoms. The lowest BCUT2D eigenvalue weighted by Crippen LogP contribution is -2.51. The van der Waals surface area contributed by atoms with E-state index < -0.39 is 129 Å². The van der Waals surface area contributed by atoms with E-state index >= 15 is 0 Å². The molecule has 3 aliphatic rings. The van der Waals surface area contributed by atoms with E-state index in [1.807, 2.05) is 61.5 Å². The fourth-order valence-electron chi connectivity index (χ4n) is 13.1. The highest BCUT2D eigenvalue weighted by Crippen LogP contribution is 2.49. The number of hydrogen-bond donors (Lipinski definition) is 12. The molecule has 5 amide bonds. The number of hydrogen-bond acceptors (Lipinski definition) is 19. The number of anilines is 1. The minimum absolute atomic E-state index is 0.0336. The highest BCUT2D eigenvalue weighted by atomic mass is 32.2. The highest BCUT2D eigenvalue weighted by Gasteiger charge is 2.45. The molecule has 32 nitrogen and oxygen atoms in total. The van der Waals surface area contributed by atoms with Crippen molar-refractivity contribution in [1.82, 2.24) is 26.6 Å². The number of nitrogens with one attached hydrogen (secondary N) is 5. The predicted octanol–water partition coefficient (Wildman–Crippen LogP) is 7.92. The molecule has 2 aliphatic heterocycles. The molecule has 594 valence electrons. The standard InChI is InChI=1S/C72H97N7O25S4/c1-71(2)53-45-51(107(98,99)100)32-35-58(53)78(42-15-7-10-24-63(81)74-40-13-11-21-55(67(85)86)75-64(82)25-9-6-5-8-23-62(80)73-41-14-12-22-56(68(87)88)76-70(91)77-57(69(89)90)34-39-65(83)84)60(71)37-26-47-19-18-20-48(66(47)104-49-28-30-50(31-29-49)106(95,96)97)27-38-61-72(3,4)54-46-52(108(101,102)103)33-36-59(54)79(61)43-16-17-44-105(92,93)94/h26-33,35-38,45-46,55-57H,5-25,34,39-44H2,1-4H3,(H12-,73,74,75,76,77,80,81,82,83,84,85,86,87,88,89,90,91,92,93,94,95,96,97,98,99,100,101,102,103)/t55?,56-,57-/m0/s1. The molecule has 0 spiro atoms. The number of fused-ring (bicyclic) bond motifs is 2. The SMILES string of the molecule is CC1(C)C(/C=C/C2=C(Oc3ccc(S(=O)(=O)O)cc3)C(=C/C=C3/N(CCCCS(=O)(=O)O)c4ccc(S(=O)(=O)O)cc4C3(C)C)/CCC2)=[N+](CCCCCC(=O)NCCCCC(NC(=O)CCCCCCC(=O)NCCCC[C@H](NC(=O)N[C@@H](CCC(=O)O)C(=O)O)C(=O)O)C(=O)O)c2ccc(S(=O)(=O)[O-])cc21. The van der Waals surface area contributed by atoms with Crippen LogP contribution in [0.2, 0.25) is 0 Å². The van der Waals surface area contributed by atoms with Gasteiger partial charge < -0.3 is 61.2 Å². The molecule has 0 saturated heterocycles. The van der Waals surface area contributed by atoms with Crippen LogP contribution in [0.3, 0.4) is 0 Å². The number of ether oxygens (including phenoxy) is 1. The van der Waals surface area contributed by atoms with E-state index in [0.29, 0.717) is 142 Å². The summed E-state index contributed by atoms with van der Waals surface area (Å²) in [6, 6.07) is 8.37. The van der Waals surface area contributed by atoms with Crippen molar-refractivity contribution in [3.05, 3.63) is 119 Å². The van der Waals surface area contributed by atoms with Crippen LogP contribution in [0.15, 0.2) is 122 Å². The second-order valence-electron chi connectivity index (χ2n) is 27.8. The van der Waals surface area contributed by atoms with E-state index in [-0.39, 0.29) is 91.9 Å². The number of carbonyl (C=O) groups is 8. The van der Waals surface area contributed by atoms with Crippen molar-refractivity contribution in [2.24, 2.45) is 0 Å². The lowest BCUT2D eigenvalue weighted by atomic mass is 9.81. The molecule has 0 saturated carbocycles. The largest absolute Gasteiger partial charge is 0.744 e. The quantitative estimate of drug-likeness (QED) is 0.0145. The van der Waals surface area contributed by atoms with Crippen LogP contribution in [0, 0.1) is 0 Å². The van der Waals surface area contributed by atoms with Crippen molar-refractivity contribution in [3.63, 3.8) is 0 Å². The smallest absolute Gasteiger partial charge is 0.326 e. The summed E-state index contributed by atoms with van der Waals surface area (Å²) in [7, 11) is -18.4. The average molecular weight is 1590 g/mol. The Morgan fingerprint density at radius 2 is 1.08 bits per heavy atom. The number of benzene rings is 3. The number of carboxylic acid groups (broad SMARTS) is 4. The molecule has 1 aliphatic carbocycles. The van der Waals surface area contributed by atoms with Crippen LogP contribution in [0.1, 0.15) is 187 Å². The Balaban J connectivity index is 1.03. The molecular formula is C72H97N7O25S4. The van der Waals surface area contributed by atoms with Crippen molar-refractivity contribution in [1.29, 1.82) is 0 Å². The number of unbranched alkanes of at least 4 members (excludes halogenated alkanes) is 8. The number of amides is 5. The average Bonchev–Trinajstić information content (AvgIpc) is 1.59. The number of urea groups is 1. The molecule has 0 aromatic heterocycles. The molecule has 36 heteroatoms. The Bertz CT molecular complexity index is 4450. The van der Waals surface area contributed by atoms with Gasteiger partial charge in [0.05, 0.1) is 25.9 Å². The van der Waals surface area contributed by atoms with E-state index in [0.717, 1.165) is 5.71 Å². The van der Waals surface area contributed by atoms with Gasteiger partial charge in [0.1, 0.15) is 46.3 Å². The fraction of sp³-hybridized carbons (Fsp3) is 0.514. The molecule has 12 N–H and O–H groups in total. The summed E-state index contributed by atoms with van der Waals surface area (Å²) in [5.74, 6) is -6.16. The lowest BCUT2D eigenvalue weighted by Gasteiger charge is -2.27. The zero-order chi connectivity index (χ0) is 80.0. The maximum Gasteiger partial charge on any atom is 0.326 e. The molecule has 3 aromatic carbocycles. The Labute approximate surface area is 628 Å². The third kappa shape index (κ3) is 26.7. The van der Waals surface area contributed by atoms with Gasteiger partial charge >= 0.3 is 29.9 Å². The van der Waals surface area contributed by atoms with Crippen LogP contribution >= 0.6 is 0 Å². The summed E-state index contributed by atoms with van der Waals surface area (Å²) >= 11 is 0. The number of carbonyl (C=O) groups excluding carboxylic acids is 4. The summed E-state index contributed by atoms with van der Waals surface area (Å²) in [5.41, 5.74) is 3.30. The maximum absolute atomic E-state index is 13.0. The van der Waals surface area contributed by atoms with Crippen LogP contribution in [-0.2, 0) is 84.9 Å². The molecule has 3 atom stereocenters. The Morgan fingerprint density at radius 3 is 1.63 bits per heavy atom. The second kappa shape index (κ2) is 39.5. The molecule has 0 radical (unpaired) electrons. The first-order valence-electron chi connectivity index (χ1n) is 35.6. The van der Waals surface area contributed by atoms with Crippen LogP contribution in [-0.4, -0.2) is 180 Å². The van der Waals surface area contributed by atoms with Gasteiger partial charge in [-0.25, -0.2) is 27.6 Å². The molecular weight excluding hydrogens is 1490 g/mol. The number of carboxylic acids is 4. The zero-order valence-electron chi connectivity index (χ0n) is 60.6. The molecule has 6 rings (SSSR count). The van der Waals surface area contributed by atoms with Crippen LogP contribution in [0.5, 0.6) is 5.75 Å². The van der Waals surface area contributed by atoms with Gasteiger partial charge in [0.2, 0.25) is 23.4 Å². The molecule has 2 heterocycles. The van der Waals surface area contributed by atoms with Gasteiger partial charge in [0.25, 0.3) is 30.4 Å². The molecule has 0 bridgehead atoms. The van der Waals surface area contributed by atoms with Crippen LogP contribution in [0.4, 0.5) is 16.2 Å². The van der Waals surface area contributed by atoms with Crippen molar-refractivity contribution in [2.45, 2.75) is 219 Å². The third-order valence-electron chi connectivity index (χ3n) is 18.9. The number of nitrogens with zero attached hydrogens (tertiary/aromatic N) is 2. The second-order valence-corrected chi connectivity index (χ2v) is 33.6. The topological polar surface area (TPSA) is 513 Å². The predicted molar refractivity (Wildman–Crippen MR) is 393 cm³/mol. The maximum atomic E-state index is 13.0. The summed E-state index contributed by atoms with van der Waals surface area (Å²) < 4.78 is 147. The molecule has 0 fully saturated rings. The highest BCUT2D eigenvalue weighted by molar-refractivity contribution is 7.86. The normalized spacial score (nSPS) is 16.5. The first-order valence-corrected chi connectivity index (χ1v) is 41.5. The van der Waals surface area contributed by atoms with E-state index in [1.54, 1.807) is 12.1 Å². The summed E-state index contributed by atoms with van der Waals surface area (Å²) in [5, 5.41) is 49.7. The molecule has 1 unspecified atom stereocenters. The van der Waals surface area contributed by atoms with Crippen molar-refractivity contribution in [3.8, 4) is 5.75 Å². The molecule has 3 aromatic rings. The van der Waals surface area contributed by atoms with Gasteiger partial charge in [-0.1, -0.05) is 32.8 Å². The van der Waals surface area contributed by atoms with Gasteiger partial charge in [-0.2, -0.15) is 29.8 Å². The minimum atomic E-state index is -4.88. The number of rotatable bonds is 45. The van der Waals surface area contributed by atoms with E-state index in [9.17, 15) is 106 Å². The number of aliphatic carboxylic acids is 4. The minimum Gasteiger partial charge on any atom is -0.744 e. The van der Waals surface area contributed by atoms with Crippen molar-refractivity contribution in [2.75, 3.05) is 36.8 Å². The van der Waals surface area contributed by atoms with E-state index in [2.05, 4.69) is 26.6 Å². The Kier molecular flexibility index (Phi) is 32.1. The third-order valence-corrected chi connectivity index (χ3v) is 22.2. The first-order chi connectivity index (χ1) is 50.6. The first kappa shape index (κ1) is 88.0. The number of allylic oxidation sites excluding steroid dienone is 7. The van der Waals surface area contributed by atoms with Crippen molar-refractivity contribution < 1.29 is 120 Å². The van der Waals surface area contributed by atoms with Crippen molar-refractivity contribution >= 4 is 105 Å². The monoisotopic (exact) mass is 1590 g/mol. The summed E-state index contributed by atoms with van der Waals surface area (Å²) in [6.07, 6.45) is 14.1. The fourth-order valence-corrected chi connectivity index (χ4v) is 15.1. The van der Waals surface area contributed by atoms with Gasteiger partial charge in [0.15, 0.2) is 5.71 Å². The summed E-state index contributed by atoms with van der Waals surface area (Å²) in [6.45, 7) is 8.62. The zero-order valence-corrected chi connectivity index (χ0v) is 63.9. The van der Waals surface area contributed by atoms with Gasteiger partial charge in [-0.05, 0) is 200 Å². The van der Waals surface area contributed by atoms with Crippen LogP contribution < -0.4 is 36.2 Å². The Hall–Kier alpha value is -8.91. The summed E-state index contributed by atoms with van der Waals surface area (Å²) in [4.78, 5) is 97.1. The van der Waals surface area contributed by atoms with E-state index in [4.69, 9.17) is 9.84 Å². The van der Waals surface area contributed by atoms with Gasteiger partial charge in [-0.15, -0.1) is 0 Å².